The summed E-state index contributed by atoms with van der Waals surface area (Å²) in [7, 11) is 1.31. The van der Waals surface area contributed by atoms with Gasteiger partial charge in [0.1, 0.15) is 29.0 Å². The van der Waals surface area contributed by atoms with Crippen LogP contribution in [0.4, 0.5) is 13.2 Å². The number of aliphatic hydroxyl groups is 1. The summed E-state index contributed by atoms with van der Waals surface area (Å²) in [5.41, 5.74) is 0.491. The average Bonchev–Trinajstić information content (AvgIpc) is 3.05. The highest BCUT2D eigenvalue weighted by Crippen LogP contribution is 2.41. The van der Waals surface area contributed by atoms with Crippen molar-refractivity contribution in [3.63, 3.8) is 0 Å². The zero-order valence-electron chi connectivity index (χ0n) is 17.4. The minimum atomic E-state index is -1.09. The Hall–Kier alpha value is -4.07. The number of halogens is 3. The number of carbonyl (C=O) groups excluding carboxylic acids is 2. The van der Waals surface area contributed by atoms with Gasteiger partial charge in [-0.3, -0.25) is 9.59 Å². The van der Waals surface area contributed by atoms with Gasteiger partial charge in [-0.15, -0.1) is 0 Å². The standard InChI is InChI=1S/C25H18F3NO4/c1-33-20-11-10-18(28)12-19(20)23(30)21-22(15-4-8-17(27)9-5-15)29(25(32)24(21)31)13-14-2-6-16(26)7-3-14/h2-12,22,30H,13H2,1H3/b23-21+. The molecule has 1 amide bonds. The summed E-state index contributed by atoms with van der Waals surface area (Å²) in [6.45, 7) is -0.0794. The Balaban J connectivity index is 1.89. The maximum absolute atomic E-state index is 13.9. The largest absolute Gasteiger partial charge is 0.507 e. The molecule has 4 rings (SSSR count). The van der Waals surface area contributed by atoms with Gasteiger partial charge in [0.05, 0.1) is 24.3 Å². The third kappa shape index (κ3) is 4.19. The van der Waals surface area contributed by atoms with Crippen molar-refractivity contribution in [2.24, 2.45) is 0 Å². The van der Waals surface area contributed by atoms with Gasteiger partial charge < -0.3 is 14.7 Å². The van der Waals surface area contributed by atoms with E-state index in [-0.39, 0.29) is 23.4 Å². The third-order valence-corrected chi connectivity index (χ3v) is 5.41. The molecule has 0 aliphatic carbocycles. The molecule has 0 spiro atoms. The van der Waals surface area contributed by atoms with Crippen LogP contribution in [0.1, 0.15) is 22.7 Å². The van der Waals surface area contributed by atoms with E-state index in [1.54, 1.807) is 0 Å². The van der Waals surface area contributed by atoms with Crippen LogP contribution in [0.2, 0.25) is 0 Å². The SMILES string of the molecule is COc1ccc(F)cc1/C(O)=C1\C(=O)C(=O)N(Cc2ccc(F)cc2)C1c1ccc(F)cc1. The number of benzene rings is 3. The lowest BCUT2D eigenvalue weighted by Crippen LogP contribution is -2.29. The van der Waals surface area contributed by atoms with E-state index in [9.17, 15) is 27.9 Å². The Bertz CT molecular complexity index is 1250. The second-order valence-electron chi connectivity index (χ2n) is 7.45. The van der Waals surface area contributed by atoms with Crippen LogP contribution in [0.15, 0.2) is 72.3 Å². The summed E-state index contributed by atoms with van der Waals surface area (Å²) >= 11 is 0. The molecule has 1 heterocycles. The number of rotatable bonds is 5. The number of hydrogen-bond acceptors (Lipinski definition) is 4. The normalized spacial score (nSPS) is 17.5. The van der Waals surface area contributed by atoms with Crippen molar-refractivity contribution in [1.29, 1.82) is 0 Å². The van der Waals surface area contributed by atoms with Crippen LogP contribution in [0, 0.1) is 17.5 Å². The quantitative estimate of drug-likeness (QED) is 0.345. The summed E-state index contributed by atoms with van der Waals surface area (Å²) in [5, 5.41) is 11.1. The topological polar surface area (TPSA) is 66.8 Å². The first-order valence-electron chi connectivity index (χ1n) is 9.92. The fourth-order valence-corrected chi connectivity index (χ4v) is 3.83. The number of amides is 1. The van der Waals surface area contributed by atoms with Crippen LogP contribution in [0.25, 0.3) is 5.76 Å². The van der Waals surface area contributed by atoms with Crippen molar-refractivity contribution in [1.82, 2.24) is 4.90 Å². The molecular formula is C25H18F3NO4. The molecule has 3 aromatic carbocycles. The lowest BCUT2D eigenvalue weighted by Gasteiger charge is -2.25. The minimum absolute atomic E-state index is 0.0794. The van der Waals surface area contributed by atoms with Gasteiger partial charge in [-0.05, 0) is 53.6 Å². The first-order chi connectivity index (χ1) is 15.8. The third-order valence-electron chi connectivity index (χ3n) is 5.41. The molecule has 0 radical (unpaired) electrons. The van der Waals surface area contributed by atoms with Crippen LogP contribution >= 0.6 is 0 Å². The van der Waals surface area contributed by atoms with E-state index in [0.29, 0.717) is 11.1 Å². The highest BCUT2D eigenvalue weighted by atomic mass is 19.1. The molecule has 168 valence electrons. The van der Waals surface area contributed by atoms with E-state index >= 15 is 0 Å². The van der Waals surface area contributed by atoms with Gasteiger partial charge >= 0.3 is 0 Å². The Morgan fingerprint density at radius 3 is 2.09 bits per heavy atom. The van der Waals surface area contributed by atoms with Crippen LogP contribution in [-0.4, -0.2) is 28.8 Å². The van der Waals surface area contributed by atoms with Gasteiger partial charge in [0.15, 0.2) is 0 Å². The van der Waals surface area contributed by atoms with Crippen LogP contribution in [0.3, 0.4) is 0 Å². The predicted octanol–water partition coefficient (Wildman–Crippen LogP) is 4.73. The minimum Gasteiger partial charge on any atom is -0.507 e. The number of aliphatic hydroxyl groups excluding tert-OH is 1. The van der Waals surface area contributed by atoms with Gasteiger partial charge in [-0.1, -0.05) is 24.3 Å². The molecule has 1 saturated heterocycles. The smallest absolute Gasteiger partial charge is 0.295 e. The first-order valence-corrected chi connectivity index (χ1v) is 9.92. The lowest BCUT2D eigenvalue weighted by atomic mass is 9.94. The maximum atomic E-state index is 13.9. The number of methoxy groups -OCH3 is 1. The highest BCUT2D eigenvalue weighted by molar-refractivity contribution is 6.46. The summed E-state index contributed by atoms with van der Waals surface area (Å²) < 4.78 is 46.0. The molecule has 1 atom stereocenters. The van der Waals surface area contributed by atoms with E-state index in [1.807, 2.05) is 0 Å². The number of Topliss-reactive ketones (excluding diaryl/α,β-unsaturated/α-hetero) is 1. The van der Waals surface area contributed by atoms with E-state index < -0.39 is 40.9 Å². The Kier molecular flexibility index (Phi) is 5.91. The fraction of sp³-hybridized carbons (Fsp3) is 0.120. The average molecular weight is 453 g/mol. The molecule has 0 aromatic heterocycles. The number of carbonyl (C=O) groups is 2. The van der Waals surface area contributed by atoms with Gasteiger partial charge in [-0.25, -0.2) is 13.2 Å². The predicted molar refractivity (Wildman–Crippen MR) is 114 cm³/mol. The van der Waals surface area contributed by atoms with E-state index in [4.69, 9.17) is 4.74 Å². The van der Waals surface area contributed by atoms with Crippen LogP contribution < -0.4 is 4.74 Å². The fourth-order valence-electron chi connectivity index (χ4n) is 3.83. The molecule has 1 aliphatic heterocycles. The van der Waals surface area contributed by atoms with Crippen molar-refractivity contribution in [3.05, 3.63) is 106 Å². The molecular weight excluding hydrogens is 435 g/mol. The van der Waals surface area contributed by atoms with Gasteiger partial charge in [0, 0.05) is 6.54 Å². The van der Waals surface area contributed by atoms with E-state index in [0.717, 1.165) is 24.3 Å². The van der Waals surface area contributed by atoms with E-state index in [2.05, 4.69) is 0 Å². The van der Waals surface area contributed by atoms with Crippen molar-refractivity contribution in [2.75, 3.05) is 7.11 Å². The summed E-state index contributed by atoms with van der Waals surface area (Å²) in [6.07, 6.45) is 0. The molecule has 0 bridgehead atoms. The molecule has 1 N–H and O–H groups in total. The molecule has 5 nitrogen and oxygen atoms in total. The molecule has 0 saturated carbocycles. The second kappa shape index (κ2) is 8.82. The van der Waals surface area contributed by atoms with Crippen molar-refractivity contribution >= 4 is 17.4 Å². The van der Waals surface area contributed by atoms with Gasteiger partial charge in [0.2, 0.25) is 0 Å². The Morgan fingerprint density at radius 2 is 1.48 bits per heavy atom. The van der Waals surface area contributed by atoms with Gasteiger partial charge in [0.25, 0.3) is 11.7 Å². The second-order valence-corrected chi connectivity index (χ2v) is 7.45. The van der Waals surface area contributed by atoms with E-state index in [1.165, 1.54) is 54.5 Å². The molecule has 1 fully saturated rings. The molecule has 1 unspecified atom stereocenters. The highest BCUT2D eigenvalue weighted by Gasteiger charge is 2.46. The first kappa shape index (κ1) is 22.1. The number of ether oxygens (including phenoxy) is 1. The van der Waals surface area contributed by atoms with Crippen LogP contribution in [0.5, 0.6) is 5.75 Å². The number of ketones is 1. The lowest BCUT2D eigenvalue weighted by molar-refractivity contribution is -0.140. The van der Waals surface area contributed by atoms with Gasteiger partial charge in [-0.2, -0.15) is 0 Å². The Labute approximate surface area is 187 Å². The zero-order chi connectivity index (χ0) is 23.7. The number of nitrogens with zero attached hydrogens (tertiary/aromatic N) is 1. The zero-order valence-corrected chi connectivity index (χ0v) is 17.4. The summed E-state index contributed by atoms with van der Waals surface area (Å²) in [4.78, 5) is 27.2. The summed E-state index contributed by atoms with van der Waals surface area (Å²) in [6, 6.07) is 12.8. The molecule has 1 aliphatic rings. The number of likely N-dealkylation sites (tertiary alicyclic amines) is 1. The van der Waals surface area contributed by atoms with Crippen LogP contribution in [-0.2, 0) is 16.1 Å². The monoisotopic (exact) mass is 453 g/mol. The molecule has 3 aromatic rings. The van der Waals surface area contributed by atoms with Crippen molar-refractivity contribution < 1.29 is 32.6 Å². The number of hydrogen-bond donors (Lipinski definition) is 1. The molecule has 33 heavy (non-hydrogen) atoms. The van der Waals surface area contributed by atoms with Crippen molar-refractivity contribution in [2.45, 2.75) is 12.6 Å². The Morgan fingerprint density at radius 1 is 0.909 bits per heavy atom. The van der Waals surface area contributed by atoms with Crippen molar-refractivity contribution in [3.8, 4) is 5.75 Å². The maximum Gasteiger partial charge on any atom is 0.295 e. The summed E-state index contributed by atoms with van der Waals surface area (Å²) in [5.74, 6) is -4.11. The molecule has 8 heteroatoms.